The number of aromatic nitrogens is 1. The molecule has 17 heavy (non-hydrogen) atoms. The summed E-state index contributed by atoms with van der Waals surface area (Å²) in [5.41, 5.74) is 2.63. The Balaban J connectivity index is 2.08. The van der Waals surface area contributed by atoms with Crippen LogP contribution in [-0.4, -0.2) is 4.57 Å². The van der Waals surface area contributed by atoms with Crippen LogP contribution in [0.5, 0.6) is 0 Å². The monoisotopic (exact) mass is 305 g/mol. The Hall–Kier alpha value is -1.06. The van der Waals surface area contributed by atoms with Gasteiger partial charge in [0.25, 0.3) is 0 Å². The maximum absolute atomic E-state index is 3.51. The second kappa shape index (κ2) is 4.31. The van der Waals surface area contributed by atoms with Gasteiger partial charge in [0.1, 0.15) is 0 Å². The summed E-state index contributed by atoms with van der Waals surface area (Å²) in [6.45, 7) is 3.12. The summed E-state index contributed by atoms with van der Waals surface area (Å²) in [4.78, 5) is 1.38. The number of hydrogen-bond acceptors (Lipinski definition) is 1. The zero-order chi connectivity index (χ0) is 11.8. The fraction of sp³-hybridized carbons (Fsp3) is 0.143. The molecule has 3 aromatic rings. The topological polar surface area (TPSA) is 4.93 Å². The normalized spacial score (nSPS) is 11.2. The molecule has 86 valence electrons. The highest BCUT2D eigenvalue weighted by Gasteiger charge is 2.06. The number of para-hydroxylation sites is 1. The van der Waals surface area contributed by atoms with Crippen molar-refractivity contribution in [2.75, 3.05) is 0 Å². The van der Waals surface area contributed by atoms with Gasteiger partial charge in [0, 0.05) is 25.9 Å². The summed E-state index contributed by atoms with van der Waals surface area (Å²) in [6.07, 6.45) is 0. The lowest BCUT2D eigenvalue weighted by Gasteiger charge is -2.06. The molecule has 0 saturated carbocycles. The summed E-state index contributed by atoms with van der Waals surface area (Å²) in [5.74, 6) is 0. The molecular weight excluding hydrogens is 294 g/mol. The Labute approximate surface area is 113 Å². The molecule has 0 amide bonds. The molecule has 0 radical (unpaired) electrons. The molecule has 0 spiro atoms. The molecule has 0 atom stereocenters. The molecule has 2 aromatic heterocycles. The smallest absolute Gasteiger partial charge is 0.0572 e. The molecule has 0 N–H and O–H groups in total. The van der Waals surface area contributed by atoms with Crippen LogP contribution in [0.25, 0.3) is 10.9 Å². The number of halogens is 1. The van der Waals surface area contributed by atoms with Crippen molar-refractivity contribution in [2.24, 2.45) is 0 Å². The van der Waals surface area contributed by atoms with Crippen LogP contribution >= 0.6 is 27.3 Å². The van der Waals surface area contributed by atoms with Crippen molar-refractivity contribution in [3.8, 4) is 0 Å². The second-order valence-corrected chi connectivity index (χ2v) is 6.07. The van der Waals surface area contributed by atoms with Crippen LogP contribution in [0, 0.1) is 6.92 Å². The third-order valence-electron chi connectivity index (χ3n) is 2.95. The van der Waals surface area contributed by atoms with Crippen LogP contribution < -0.4 is 0 Å². The van der Waals surface area contributed by atoms with Crippen molar-refractivity contribution in [1.82, 2.24) is 4.57 Å². The fourth-order valence-corrected chi connectivity index (χ4v) is 3.59. The fourth-order valence-electron chi connectivity index (χ4n) is 2.15. The van der Waals surface area contributed by atoms with E-state index in [4.69, 9.17) is 0 Å². The minimum absolute atomic E-state index is 0.954. The van der Waals surface area contributed by atoms with Gasteiger partial charge in [-0.05, 0) is 46.4 Å². The number of rotatable bonds is 2. The van der Waals surface area contributed by atoms with E-state index in [9.17, 15) is 0 Å². The average Bonchev–Trinajstić information content (AvgIpc) is 2.85. The van der Waals surface area contributed by atoms with Crippen molar-refractivity contribution in [1.29, 1.82) is 0 Å². The van der Waals surface area contributed by atoms with Crippen LogP contribution in [0.3, 0.4) is 0 Å². The summed E-state index contributed by atoms with van der Waals surface area (Å²) in [5, 5.41) is 3.46. The minimum Gasteiger partial charge on any atom is -0.340 e. The molecule has 3 heteroatoms. The highest BCUT2D eigenvalue weighted by molar-refractivity contribution is 9.10. The van der Waals surface area contributed by atoms with Crippen molar-refractivity contribution in [3.05, 3.63) is 56.8 Å². The molecule has 0 aliphatic heterocycles. The Kier molecular flexibility index (Phi) is 2.81. The number of benzene rings is 1. The molecule has 0 fully saturated rings. The summed E-state index contributed by atoms with van der Waals surface area (Å²) >= 11 is 5.30. The molecule has 1 nitrogen and oxygen atoms in total. The van der Waals surface area contributed by atoms with Gasteiger partial charge in [0.05, 0.1) is 6.54 Å². The first-order chi connectivity index (χ1) is 8.24. The predicted octanol–water partition coefficient (Wildman–Crippen LogP) is 4.82. The van der Waals surface area contributed by atoms with E-state index in [1.54, 1.807) is 11.3 Å². The number of fused-ring (bicyclic) bond motifs is 1. The van der Waals surface area contributed by atoms with Gasteiger partial charge >= 0.3 is 0 Å². The van der Waals surface area contributed by atoms with E-state index in [1.807, 2.05) is 0 Å². The van der Waals surface area contributed by atoms with Crippen LogP contribution in [0.2, 0.25) is 0 Å². The Morgan fingerprint density at radius 1 is 1.24 bits per heavy atom. The Bertz CT molecular complexity index is 666. The zero-order valence-corrected chi connectivity index (χ0v) is 11.9. The van der Waals surface area contributed by atoms with Gasteiger partial charge in [-0.15, -0.1) is 11.3 Å². The average molecular weight is 306 g/mol. The lowest BCUT2D eigenvalue weighted by atomic mass is 10.2. The maximum Gasteiger partial charge on any atom is 0.0572 e. The van der Waals surface area contributed by atoms with Crippen LogP contribution in [0.1, 0.15) is 10.6 Å². The lowest BCUT2D eigenvalue weighted by molar-refractivity contribution is 0.817. The molecule has 2 heterocycles. The summed E-state index contributed by atoms with van der Waals surface area (Å²) in [6, 6.07) is 13.0. The van der Waals surface area contributed by atoms with Crippen molar-refractivity contribution in [3.63, 3.8) is 0 Å². The van der Waals surface area contributed by atoms with E-state index in [-0.39, 0.29) is 0 Å². The highest BCUT2D eigenvalue weighted by Crippen LogP contribution is 2.24. The van der Waals surface area contributed by atoms with E-state index in [2.05, 4.69) is 69.2 Å². The molecule has 0 bridgehead atoms. The third kappa shape index (κ3) is 2.05. The van der Waals surface area contributed by atoms with E-state index in [0.29, 0.717) is 0 Å². The number of thiophene rings is 1. The van der Waals surface area contributed by atoms with E-state index >= 15 is 0 Å². The van der Waals surface area contributed by atoms with Gasteiger partial charge in [0.15, 0.2) is 0 Å². The maximum atomic E-state index is 3.51. The van der Waals surface area contributed by atoms with E-state index < -0.39 is 0 Å². The standard InChI is InChI=1S/C14H12BrNS/c1-10-6-11-4-2-3-5-14(11)16(10)8-13-7-12(15)9-17-13/h2-7,9H,8H2,1H3. The third-order valence-corrected chi connectivity index (χ3v) is 4.64. The molecule has 0 unspecified atom stereocenters. The van der Waals surface area contributed by atoms with Gasteiger partial charge in [-0.2, -0.15) is 0 Å². The first kappa shape index (κ1) is 11.1. The summed E-state index contributed by atoms with van der Waals surface area (Å²) < 4.78 is 3.54. The quantitative estimate of drug-likeness (QED) is 0.639. The highest BCUT2D eigenvalue weighted by atomic mass is 79.9. The molecule has 0 aliphatic carbocycles. The Morgan fingerprint density at radius 3 is 2.82 bits per heavy atom. The largest absolute Gasteiger partial charge is 0.340 e. The Morgan fingerprint density at radius 2 is 2.06 bits per heavy atom. The molecule has 0 aliphatic rings. The van der Waals surface area contributed by atoms with E-state index in [1.165, 1.54) is 25.9 Å². The number of nitrogens with zero attached hydrogens (tertiary/aromatic N) is 1. The van der Waals surface area contributed by atoms with Gasteiger partial charge < -0.3 is 4.57 Å². The van der Waals surface area contributed by atoms with Crippen LogP contribution in [0.4, 0.5) is 0 Å². The lowest BCUT2D eigenvalue weighted by Crippen LogP contribution is -1.99. The SMILES string of the molecule is Cc1cc2ccccc2n1Cc1cc(Br)cs1. The van der Waals surface area contributed by atoms with Crippen LogP contribution in [-0.2, 0) is 6.54 Å². The van der Waals surface area contributed by atoms with Gasteiger partial charge in [-0.1, -0.05) is 18.2 Å². The summed E-state index contributed by atoms with van der Waals surface area (Å²) in [7, 11) is 0. The van der Waals surface area contributed by atoms with Gasteiger partial charge in [-0.3, -0.25) is 0 Å². The van der Waals surface area contributed by atoms with Crippen molar-refractivity contribution < 1.29 is 0 Å². The van der Waals surface area contributed by atoms with E-state index in [0.717, 1.165) is 6.54 Å². The van der Waals surface area contributed by atoms with Crippen molar-refractivity contribution >= 4 is 38.2 Å². The molecule has 1 aromatic carbocycles. The minimum atomic E-state index is 0.954. The second-order valence-electron chi connectivity index (χ2n) is 4.16. The number of hydrogen-bond donors (Lipinski definition) is 0. The number of aryl methyl sites for hydroxylation is 1. The van der Waals surface area contributed by atoms with Gasteiger partial charge in [0.2, 0.25) is 0 Å². The van der Waals surface area contributed by atoms with Crippen molar-refractivity contribution in [2.45, 2.75) is 13.5 Å². The van der Waals surface area contributed by atoms with Gasteiger partial charge in [-0.25, -0.2) is 0 Å². The molecular formula is C14H12BrNS. The molecule has 0 saturated heterocycles. The van der Waals surface area contributed by atoms with Crippen LogP contribution in [0.15, 0.2) is 46.3 Å². The molecule has 3 rings (SSSR count). The first-order valence-electron chi connectivity index (χ1n) is 5.52. The predicted molar refractivity (Wildman–Crippen MR) is 77.8 cm³/mol. The first-order valence-corrected chi connectivity index (χ1v) is 7.19. The zero-order valence-electron chi connectivity index (χ0n) is 9.48.